The van der Waals surface area contributed by atoms with Crippen molar-refractivity contribution in [1.82, 2.24) is 4.98 Å². The van der Waals surface area contributed by atoms with Gasteiger partial charge in [0.1, 0.15) is 5.82 Å². The number of fused-ring (bicyclic) bond motifs is 1. The van der Waals surface area contributed by atoms with E-state index in [1.54, 1.807) is 6.92 Å². The summed E-state index contributed by atoms with van der Waals surface area (Å²) >= 11 is 0. The largest absolute Gasteiger partial charge is 0.388 e. The molecule has 0 aliphatic carbocycles. The van der Waals surface area contributed by atoms with Crippen LogP contribution in [0.2, 0.25) is 0 Å². The summed E-state index contributed by atoms with van der Waals surface area (Å²) in [6.07, 6.45) is 0. The van der Waals surface area contributed by atoms with Gasteiger partial charge in [-0.3, -0.25) is 0 Å². The van der Waals surface area contributed by atoms with Crippen LogP contribution in [0.1, 0.15) is 5.56 Å². The number of hydrogen-bond acceptors (Lipinski definition) is 2. The highest BCUT2D eigenvalue weighted by Crippen LogP contribution is 2.29. The summed E-state index contributed by atoms with van der Waals surface area (Å²) in [4.78, 5) is 4.58. The predicted octanol–water partition coefficient (Wildman–Crippen LogP) is 4.39. The second kappa shape index (κ2) is 4.93. The van der Waals surface area contributed by atoms with E-state index in [0.717, 1.165) is 22.3 Å². The van der Waals surface area contributed by atoms with Crippen LogP contribution in [0.4, 0.5) is 10.1 Å². The number of anilines is 1. The number of hydrogen-bond donors (Lipinski definition) is 1. The van der Waals surface area contributed by atoms with Crippen LogP contribution in [0.15, 0.2) is 48.5 Å². The van der Waals surface area contributed by atoms with Gasteiger partial charge < -0.3 is 5.32 Å². The molecule has 0 atom stereocenters. The quantitative estimate of drug-likeness (QED) is 0.744. The summed E-state index contributed by atoms with van der Waals surface area (Å²) in [6, 6.07) is 15.2. The first-order valence-electron chi connectivity index (χ1n) is 6.53. The third-order valence-corrected chi connectivity index (χ3v) is 3.43. The zero-order chi connectivity index (χ0) is 14.1. The summed E-state index contributed by atoms with van der Waals surface area (Å²) in [5.41, 5.74) is 4.11. The number of nitrogens with one attached hydrogen (secondary N) is 1. The first kappa shape index (κ1) is 12.6. The highest BCUT2D eigenvalue weighted by Gasteiger charge is 2.09. The van der Waals surface area contributed by atoms with Gasteiger partial charge in [0.25, 0.3) is 0 Å². The number of aryl methyl sites for hydroxylation is 1. The van der Waals surface area contributed by atoms with E-state index in [2.05, 4.69) is 10.3 Å². The van der Waals surface area contributed by atoms with Crippen molar-refractivity contribution in [2.24, 2.45) is 0 Å². The average Bonchev–Trinajstić information content (AvgIpc) is 2.48. The minimum absolute atomic E-state index is 0.225. The lowest BCUT2D eigenvalue weighted by atomic mass is 10.1. The Labute approximate surface area is 117 Å². The maximum absolute atomic E-state index is 13.8. The van der Waals surface area contributed by atoms with Gasteiger partial charge in [-0.15, -0.1) is 0 Å². The molecule has 0 radical (unpaired) electrons. The van der Waals surface area contributed by atoms with Crippen LogP contribution in [0.3, 0.4) is 0 Å². The van der Waals surface area contributed by atoms with Gasteiger partial charge in [0.15, 0.2) is 0 Å². The standard InChI is InChI=1S/C17H15FN2/c1-11-8-13-16(19-2)10-15(12-6-4-3-5-7-12)20-17(13)9-14(11)18/h3-10H,1-2H3,(H,19,20). The fraction of sp³-hybridized carbons (Fsp3) is 0.118. The van der Waals surface area contributed by atoms with E-state index >= 15 is 0 Å². The Morgan fingerprint density at radius 2 is 1.80 bits per heavy atom. The summed E-state index contributed by atoms with van der Waals surface area (Å²) in [5, 5.41) is 4.10. The molecule has 20 heavy (non-hydrogen) atoms. The molecule has 3 aromatic rings. The van der Waals surface area contributed by atoms with Crippen LogP contribution in [-0.2, 0) is 0 Å². The number of rotatable bonds is 2. The maximum atomic E-state index is 13.8. The first-order valence-corrected chi connectivity index (χ1v) is 6.53. The van der Waals surface area contributed by atoms with Crippen molar-refractivity contribution < 1.29 is 4.39 Å². The third kappa shape index (κ3) is 2.11. The number of nitrogens with zero attached hydrogens (tertiary/aromatic N) is 1. The van der Waals surface area contributed by atoms with Crippen LogP contribution in [0.5, 0.6) is 0 Å². The van der Waals surface area contributed by atoms with E-state index in [0.29, 0.717) is 11.1 Å². The number of aromatic nitrogens is 1. The molecule has 0 fully saturated rings. The Morgan fingerprint density at radius 3 is 2.50 bits per heavy atom. The highest BCUT2D eigenvalue weighted by atomic mass is 19.1. The molecule has 100 valence electrons. The molecule has 0 saturated carbocycles. The SMILES string of the molecule is CNc1cc(-c2ccccc2)nc2cc(F)c(C)cc12. The molecule has 3 rings (SSSR count). The lowest BCUT2D eigenvalue weighted by Gasteiger charge is -2.10. The molecule has 0 bridgehead atoms. The van der Waals surface area contributed by atoms with Crippen LogP contribution in [-0.4, -0.2) is 12.0 Å². The summed E-state index contributed by atoms with van der Waals surface area (Å²) in [6.45, 7) is 1.76. The van der Waals surface area contributed by atoms with Crippen molar-refractivity contribution in [3.63, 3.8) is 0 Å². The molecule has 0 aliphatic heterocycles. The van der Waals surface area contributed by atoms with Crippen LogP contribution in [0.25, 0.3) is 22.2 Å². The summed E-state index contributed by atoms with van der Waals surface area (Å²) < 4.78 is 13.8. The average molecular weight is 266 g/mol. The summed E-state index contributed by atoms with van der Waals surface area (Å²) in [5.74, 6) is -0.225. The van der Waals surface area contributed by atoms with Gasteiger partial charge in [-0.1, -0.05) is 30.3 Å². The second-order valence-electron chi connectivity index (χ2n) is 4.79. The molecule has 3 heteroatoms. The van der Waals surface area contributed by atoms with Crippen molar-refractivity contribution in [3.8, 4) is 11.3 Å². The Bertz CT molecular complexity index is 767. The Morgan fingerprint density at radius 1 is 1.05 bits per heavy atom. The first-order chi connectivity index (χ1) is 9.69. The van der Waals surface area contributed by atoms with E-state index in [1.807, 2.05) is 49.5 Å². The molecule has 0 spiro atoms. The smallest absolute Gasteiger partial charge is 0.128 e. The number of halogens is 1. The topological polar surface area (TPSA) is 24.9 Å². The van der Waals surface area contributed by atoms with E-state index in [9.17, 15) is 4.39 Å². The fourth-order valence-electron chi connectivity index (χ4n) is 2.32. The molecule has 0 unspecified atom stereocenters. The van der Waals surface area contributed by atoms with E-state index in [-0.39, 0.29) is 5.82 Å². The van der Waals surface area contributed by atoms with Gasteiger partial charge in [0.05, 0.1) is 11.2 Å². The van der Waals surface area contributed by atoms with Crippen molar-refractivity contribution in [2.45, 2.75) is 6.92 Å². The van der Waals surface area contributed by atoms with Crippen molar-refractivity contribution >= 4 is 16.6 Å². The van der Waals surface area contributed by atoms with Crippen molar-refractivity contribution in [3.05, 3.63) is 59.9 Å². The van der Waals surface area contributed by atoms with Crippen molar-refractivity contribution in [2.75, 3.05) is 12.4 Å². The Balaban J connectivity index is 2.29. The third-order valence-electron chi connectivity index (χ3n) is 3.43. The molecule has 1 aromatic heterocycles. The van der Waals surface area contributed by atoms with E-state index in [4.69, 9.17) is 0 Å². The highest BCUT2D eigenvalue weighted by molar-refractivity contribution is 5.94. The summed E-state index contributed by atoms with van der Waals surface area (Å²) in [7, 11) is 1.86. The normalized spacial score (nSPS) is 10.8. The molecule has 2 aromatic carbocycles. The van der Waals surface area contributed by atoms with Crippen molar-refractivity contribution in [1.29, 1.82) is 0 Å². The Hall–Kier alpha value is -2.42. The molecule has 0 aliphatic rings. The molecule has 2 nitrogen and oxygen atoms in total. The molecule has 1 heterocycles. The Kier molecular flexibility index (Phi) is 3.11. The monoisotopic (exact) mass is 266 g/mol. The lowest BCUT2D eigenvalue weighted by molar-refractivity contribution is 0.620. The van der Waals surface area contributed by atoms with Crippen LogP contribution >= 0.6 is 0 Å². The lowest BCUT2D eigenvalue weighted by Crippen LogP contribution is -1.95. The predicted molar refractivity (Wildman–Crippen MR) is 81.4 cm³/mol. The molecule has 1 N–H and O–H groups in total. The second-order valence-corrected chi connectivity index (χ2v) is 4.79. The zero-order valence-corrected chi connectivity index (χ0v) is 11.4. The van der Waals surface area contributed by atoms with Gasteiger partial charge >= 0.3 is 0 Å². The van der Waals surface area contributed by atoms with Gasteiger partial charge in [-0.2, -0.15) is 0 Å². The van der Waals surface area contributed by atoms with Gasteiger partial charge in [-0.05, 0) is 24.6 Å². The van der Waals surface area contributed by atoms with Gasteiger partial charge in [0.2, 0.25) is 0 Å². The minimum Gasteiger partial charge on any atom is -0.388 e. The maximum Gasteiger partial charge on any atom is 0.128 e. The minimum atomic E-state index is -0.225. The molecule has 0 amide bonds. The fourth-order valence-corrected chi connectivity index (χ4v) is 2.32. The number of pyridine rings is 1. The van der Waals surface area contributed by atoms with E-state index < -0.39 is 0 Å². The van der Waals surface area contributed by atoms with Crippen LogP contribution < -0.4 is 5.32 Å². The van der Waals surface area contributed by atoms with Gasteiger partial charge in [0, 0.05) is 29.8 Å². The zero-order valence-electron chi connectivity index (χ0n) is 11.4. The molecular formula is C17H15FN2. The van der Waals surface area contributed by atoms with Crippen LogP contribution in [0, 0.1) is 12.7 Å². The molecule has 0 saturated heterocycles. The molecular weight excluding hydrogens is 251 g/mol. The van der Waals surface area contributed by atoms with Gasteiger partial charge in [-0.25, -0.2) is 9.37 Å². The number of benzene rings is 2. The van der Waals surface area contributed by atoms with E-state index in [1.165, 1.54) is 6.07 Å².